The molecule has 0 aliphatic carbocycles. The zero-order chi connectivity index (χ0) is 16.2. The third-order valence-corrected chi connectivity index (χ3v) is 6.34. The Morgan fingerprint density at radius 1 is 1.43 bits per heavy atom. The highest BCUT2D eigenvalue weighted by Crippen LogP contribution is 2.30. The van der Waals surface area contributed by atoms with Gasteiger partial charge in [0.1, 0.15) is 0 Å². The average molecular weight is 375 g/mol. The summed E-state index contributed by atoms with van der Waals surface area (Å²) >= 11 is 3.42. The van der Waals surface area contributed by atoms with Gasteiger partial charge in [0.15, 0.2) is 0 Å². The fraction of sp³-hybridized carbons (Fsp3) is 0.467. The monoisotopic (exact) mass is 374 g/mol. The molecule has 21 heavy (non-hydrogen) atoms. The Morgan fingerprint density at radius 2 is 2.05 bits per heavy atom. The van der Waals surface area contributed by atoms with Gasteiger partial charge in [-0.05, 0) is 54.0 Å². The topological polar surface area (TPSA) is 49.4 Å². The molecular formula is C15H23BrN2O2S. The molecule has 0 unspecified atom stereocenters. The summed E-state index contributed by atoms with van der Waals surface area (Å²) in [4.78, 5) is 0.316. The van der Waals surface area contributed by atoms with Crippen molar-refractivity contribution in [3.63, 3.8) is 0 Å². The standard InChI is InChI=1S/C15H23BrN2O2S/c1-6-18(10-11(2)3)21(19,20)14-8-13(9-17-5)7-12(4)15(14)16/h7-8,17H,2,6,9-10H2,1,3-5H3. The van der Waals surface area contributed by atoms with Crippen molar-refractivity contribution >= 4 is 26.0 Å². The van der Waals surface area contributed by atoms with Crippen LogP contribution in [0.1, 0.15) is 25.0 Å². The summed E-state index contributed by atoms with van der Waals surface area (Å²) in [6.45, 7) is 10.7. The smallest absolute Gasteiger partial charge is 0.244 e. The highest BCUT2D eigenvalue weighted by atomic mass is 79.9. The van der Waals surface area contributed by atoms with Crippen molar-refractivity contribution in [3.05, 3.63) is 39.9 Å². The third kappa shape index (κ3) is 4.39. The number of hydrogen-bond acceptors (Lipinski definition) is 3. The average Bonchev–Trinajstić information content (AvgIpc) is 2.39. The summed E-state index contributed by atoms with van der Waals surface area (Å²) in [6.07, 6.45) is 0. The molecule has 0 fully saturated rings. The van der Waals surface area contributed by atoms with Crippen LogP contribution in [0, 0.1) is 6.92 Å². The molecule has 1 aromatic rings. The van der Waals surface area contributed by atoms with E-state index in [1.54, 1.807) is 6.07 Å². The van der Waals surface area contributed by atoms with Gasteiger partial charge >= 0.3 is 0 Å². The van der Waals surface area contributed by atoms with Crippen LogP contribution in [0.25, 0.3) is 0 Å². The molecule has 0 radical (unpaired) electrons. The largest absolute Gasteiger partial charge is 0.316 e. The third-order valence-electron chi connectivity index (χ3n) is 3.08. The second kappa shape index (κ2) is 7.54. The molecule has 0 aliphatic rings. The van der Waals surface area contributed by atoms with Gasteiger partial charge in [-0.25, -0.2) is 8.42 Å². The minimum absolute atomic E-state index is 0.316. The van der Waals surface area contributed by atoms with E-state index in [0.29, 0.717) is 29.0 Å². The number of aryl methyl sites for hydroxylation is 1. The highest BCUT2D eigenvalue weighted by Gasteiger charge is 2.26. The van der Waals surface area contributed by atoms with Crippen molar-refractivity contribution in [2.24, 2.45) is 0 Å². The normalized spacial score (nSPS) is 11.9. The maximum absolute atomic E-state index is 12.9. The fourth-order valence-electron chi connectivity index (χ4n) is 2.11. The maximum Gasteiger partial charge on any atom is 0.244 e. The van der Waals surface area contributed by atoms with Crippen molar-refractivity contribution in [3.8, 4) is 0 Å². The summed E-state index contributed by atoms with van der Waals surface area (Å²) < 4.78 is 27.8. The number of nitrogens with one attached hydrogen (secondary N) is 1. The fourth-order valence-corrected chi connectivity index (χ4v) is 4.65. The Bertz CT molecular complexity index is 627. The summed E-state index contributed by atoms with van der Waals surface area (Å²) in [6, 6.07) is 3.71. The molecule has 0 aliphatic heterocycles. The maximum atomic E-state index is 12.9. The first kappa shape index (κ1) is 18.4. The number of rotatable bonds is 7. The highest BCUT2D eigenvalue weighted by molar-refractivity contribution is 9.10. The van der Waals surface area contributed by atoms with Gasteiger partial charge in [0.2, 0.25) is 10.0 Å². The lowest BCUT2D eigenvalue weighted by molar-refractivity contribution is 0.452. The van der Waals surface area contributed by atoms with Crippen molar-refractivity contribution < 1.29 is 8.42 Å². The van der Waals surface area contributed by atoms with E-state index in [9.17, 15) is 8.42 Å². The number of sulfonamides is 1. The molecule has 1 rings (SSSR count). The lowest BCUT2D eigenvalue weighted by Crippen LogP contribution is -2.32. The summed E-state index contributed by atoms with van der Waals surface area (Å²) in [7, 11) is -1.70. The minimum atomic E-state index is -3.54. The Balaban J connectivity index is 3.38. The molecule has 0 bridgehead atoms. The second-order valence-corrected chi connectivity index (χ2v) is 7.84. The van der Waals surface area contributed by atoms with E-state index in [-0.39, 0.29) is 0 Å². The van der Waals surface area contributed by atoms with Crippen molar-refractivity contribution in [1.82, 2.24) is 9.62 Å². The lowest BCUT2D eigenvalue weighted by atomic mass is 10.1. The Morgan fingerprint density at radius 3 is 2.52 bits per heavy atom. The number of benzene rings is 1. The predicted octanol–water partition coefficient (Wildman–Crippen LogP) is 3.06. The van der Waals surface area contributed by atoms with E-state index < -0.39 is 10.0 Å². The van der Waals surface area contributed by atoms with Crippen LogP contribution in [0.2, 0.25) is 0 Å². The first-order valence-corrected chi connectivity index (χ1v) is 9.05. The van der Waals surface area contributed by atoms with Crippen molar-refractivity contribution in [2.75, 3.05) is 20.1 Å². The van der Waals surface area contributed by atoms with E-state index in [4.69, 9.17) is 0 Å². The van der Waals surface area contributed by atoms with Gasteiger partial charge < -0.3 is 5.32 Å². The van der Waals surface area contributed by atoms with Gasteiger partial charge in [0.25, 0.3) is 0 Å². The molecule has 0 heterocycles. The van der Waals surface area contributed by atoms with E-state index in [1.165, 1.54) is 4.31 Å². The number of likely N-dealkylation sites (N-methyl/N-ethyl adjacent to an activating group) is 1. The molecule has 0 aromatic heterocycles. The van der Waals surface area contributed by atoms with Gasteiger partial charge in [-0.2, -0.15) is 4.31 Å². The summed E-state index contributed by atoms with van der Waals surface area (Å²) in [5.74, 6) is 0. The van der Waals surface area contributed by atoms with Gasteiger partial charge in [-0.1, -0.05) is 25.1 Å². The molecule has 0 saturated heterocycles. The molecule has 0 atom stereocenters. The van der Waals surface area contributed by atoms with Crippen LogP contribution in [-0.2, 0) is 16.6 Å². The number of halogens is 1. The Kier molecular flexibility index (Phi) is 6.59. The van der Waals surface area contributed by atoms with Crippen LogP contribution >= 0.6 is 15.9 Å². The lowest BCUT2D eigenvalue weighted by Gasteiger charge is -2.22. The van der Waals surface area contributed by atoms with Gasteiger partial charge in [-0.3, -0.25) is 0 Å². The molecule has 0 saturated carbocycles. The van der Waals surface area contributed by atoms with E-state index in [0.717, 1.165) is 16.7 Å². The van der Waals surface area contributed by atoms with E-state index in [2.05, 4.69) is 27.8 Å². The zero-order valence-corrected chi connectivity index (χ0v) is 15.4. The van der Waals surface area contributed by atoms with Crippen LogP contribution in [0.15, 0.2) is 33.7 Å². The molecule has 6 heteroatoms. The Hall–Kier alpha value is -0.690. The zero-order valence-electron chi connectivity index (χ0n) is 13.0. The molecule has 1 N–H and O–H groups in total. The molecule has 4 nitrogen and oxygen atoms in total. The molecule has 0 amide bonds. The SMILES string of the molecule is C=C(C)CN(CC)S(=O)(=O)c1cc(CNC)cc(C)c1Br. The summed E-state index contributed by atoms with van der Waals surface area (Å²) in [5, 5.41) is 3.05. The second-order valence-electron chi connectivity index (χ2n) is 5.14. The molecular weight excluding hydrogens is 352 g/mol. The van der Waals surface area contributed by atoms with Crippen LogP contribution in [0.3, 0.4) is 0 Å². The van der Waals surface area contributed by atoms with Gasteiger partial charge in [0, 0.05) is 24.1 Å². The van der Waals surface area contributed by atoms with Crippen LogP contribution in [-0.4, -0.2) is 32.9 Å². The quantitative estimate of drug-likeness (QED) is 0.746. The minimum Gasteiger partial charge on any atom is -0.316 e. The molecule has 118 valence electrons. The first-order chi connectivity index (χ1) is 9.73. The van der Waals surface area contributed by atoms with Crippen molar-refractivity contribution in [2.45, 2.75) is 32.2 Å². The van der Waals surface area contributed by atoms with Crippen molar-refractivity contribution in [1.29, 1.82) is 0 Å². The van der Waals surface area contributed by atoms with Gasteiger partial charge in [0.05, 0.1) is 4.90 Å². The molecule has 0 spiro atoms. The number of nitrogens with zero attached hydrogens (tertiary/aromatic N) is 1. The van der Waals surface area contributed by atoms with Crippen LogP contribution in [0.4, 0.5) is 0 Å². The summed E-state index contributed by atoms with van der Waals surface area (Å²) in [5.41, 5.74) is 2.68. The van der Waals surface area contributed by atoms with E-state index in [1.807, 2.05) is 33.9 Å². The van der Waals surface area contributed by atoms with Crippen LogP contribution < -0.4 is 5.32 Å². The Labute approximate surface area is 136 Å². The van der Waals surface area contributed by atoms with Crippen LogP contribution in [0.5, 0.6) is 0 Å². The first-order valence-electron chi connectivity index (χ1n) is 6.82. The number of hydrogen-bond donors (Lipinski definition) is 1. The van der Waals surface area contributed by atoms with Gasteiger partial charge in [-0.15, -0.1) is 0 Å². The molecule has 1 aromatic carbocycles. The van der Waals surface area contributed by atoms with E-state index >= 15 is 0 Å². The predicted molar refractivity (Wildman–Crippen MR) is 90.9 cm³/mol.